The molecule has 2 aliphatic heterocycles. The molecule has 0 aromatic carbocycles. The maximum Gasteiger partial charge on any atom is 0.237 e. The minimum absolute atomic E-state index is 0.266. The predicted octanol–water partition coefficient (Wildman–Crippen LogP) is 2.42. The summed E-state index contributed by atoms with van der Waals surface area (Å²) in [6.45, 7) is 12.3. The monoisotopic (exact) mass is 352 g/mol. The summed E-state index contributed by atoms with van der Waals surface area (Å²) in [4.78, 5) is 17.0. The van der Waals surface area contributed by atoms with Crippen molar-refractivity contribution in [2.24, 2.45) is 5.92 Å². The van der Waals surface area contributed by atoms with Crippen molar-refractivity contribution < 1.29 is 4.79 Å². The standard InChI is InChI=1S/C20H40N4O/c1-4-6-17(2)7-5-8-18(3)22-15-20(25)24-14-13-23(16-24)19-9-11-21-12-10-19/h17-19,21-22H,4-16H2,1-3H3. The molecule has 2 heterocycles. The first-order valence-electron chi connectivity index (χ1n) is 10.6. The van der Waals surface area contributed by atoms with E-state index in [2.05, 4.69) is 36.3 Å². The fourth-order valence-corrected chi connectivity index (χ4v) is 4.17. The molecule has 2 atom stereocenters. The molecular formula is C20H40N4O. The van der Waals surface area contributed by atoms with E-state index in [1.165, 1.54) is 44.9 Å². The Bertz CT molecular complexity index is 384. The molecule has 2 N–H and O–H groups in total. The van der Waals surface area contributed by atoms with Gasteiger partial charge in [-0.2, -0.15) is 0 Å². The van der Waals surface area contributed by atoms with Crippen LogP contribution in [0.3, 0.4) is 0 Å². The van der Waals surface area contributed by atoms with Crippen LogP contribution in [0.1, 0.15) is 65.7 Å². The fourth-order valence-electron chi connectivity index (χ4n) is 4.17. The molecule has 0 aromatic heterocycles. The van der Waals surface area contributed by atoms with Gasteiger partial charge in [0.2, 0.25) is 5.91 Å². The first-order chi connectivity index (χ1) is 12.1. The lowest BCUT2D eigenvalue weighted by Crippen LogP contribution is -2.44. The van der Waals surface area contributed by atoms with Crippen LogP contribution in [0.2, 0.25) is 0 Å². The second-order valence-corrected chi connectivity index (χ2v) is 8.20. The Hall–Kier alpha value is -0.650. The van der Waals surface area contributed by atoms with Crippen molar-refractivity contribution in [1.29, 1.82) is 0 Å². The molecule has 0 radical (unpaired) electrons. The van der Waals surface area contributed by atoms with Gasteiger partial charge in [-0.25, -0.2) is 0 Å². The molecule has 2 unspecified atom stereocenters. The first kappa shape index (κ1) is 20.7. The zero-order valence-corrected chi connectivity index (χ0v) is 16.7. The van der Waals surface area contributed by atoms with Gasteiger partial charge in [-0.3, -0.25) is 9.69 Å². The van der Waals surface area contributed by atoms with Gasteiger partial charge < -0.3 is 15.5 Å². The smallest absolute Gasteiger partial charge is 0.237 e. The zero-order chi connectivity index (χ0) is 18.1. The van der Waals surface area contributed by atoms with E-state index in [1.54, 1.807) is 0 Å². The van der Waals surface area contributed by atoms with Crippen LogP contribution in [0.4, 0.5) is 0 Å². The van der Waals surface area contributed by atoms with Crippen LogP contribution in [0.15, 0.2) is 0 Å². The average Bonchev–Trinajstić information content (AvgIpc) is 3.11. The van der Waals surface area contributed by atoms with Gasteiger partial charge in [0, 0.05) is 25.2 Å². The topological polar surface area (TPSA) is 47.6 Å². The number of nitrogens with one attached hydrogen (secondary N) is 2. The number of carbonyl (C=O) groups excluding carboxylic acids is 1. The lowest BCUT2D eigenvalue weighted by atomic mass is 9.98. The van der Waals surface area contributed by atoms with Crippen LogP contribution in [0, 0.1) is 5.92 Å². The number of hydrogen-bond donors (Lipinski definition) is 2. The second kappa shape index (κ2) is 11.1. The molecule has 2 fully saturated rings. The molecule has 2 saturated heterocycles. The molecule has 1 amide bonds. The Labute approximate surface area is 154 Å². The fraction of sp³-hybridized carbons (Fsp3) is 0.950. The SMILES string of the molecule is CCCC(C)CCCC(C)NCC(=O)N1CCN(C2CCNCC2)C1. The van der Waals surface area contributed by atoms with Crippen LogP contribution >= 0.6 is 0 Å². The Balaban J connectivity index is 1.58. The van der Waals surface area contributed by atoms with Crippen molar-refractivity contribution in [3.8, 4) is 0 Å². The molecule has 2 aliphatic rings. The highest BCUT2D eigenvalue weighted by atomic mass is 16.2. The summed E-state index contributed by atoms with van der Waals surface area (Å²) in [5.41, 5.74) is 0. The minimum atomic E-state index is 0.266. The molecule has 146 valence electrons. The van der Waals surface area contributed by atoms with E-state index in [-0.39, 0.29) is 5.91 Å². The maximum absolute atomic E-state index is 12.5. The lowest BCUT2D eigenvalue weighted by molar-refractivity contribution is -0.130. The number of amides is 1. The van der Waals surface area contributed by atoms with Crippen molar-refractivity contribution in [3.05, 3.63) is 0 Å². The average molecular weight is 353 g/mol. The summed E-state index contributed by atoms with van der Waals surface area (Å²) in [7, 11) is 0. The molecule has 0 spiro atoms. The van der Waals surface area contributed by atoms with Crippen LogP contribution in [0.5, 0.6) is 0 Å². The molecule has 25 heavy (non-hydrogen) atoms. The Morgan fingerprint density at radius 2 is 1.92 bits per heavy atom. The van der Waals surface area contributed by atoms with E-state index < -0.39 is 0 Å². The number of carbonyl (C=O) groups is 1. The highest BCUT2D eigenvalue weighted by molar-refractivity contribution is 5.78. The van der Waals surface area contributed by atoms with E-state index in [0.29, 0.717) is 18.6 Å². The van der Waals surface area contributed by atoms with Gasteiger partial charge in [0.05, 0.1) is 13.2 Å². The van der Waals surface area contributed by atoms with Crippen LogP contribution in [-0.4, -0.2) is 67.2 Å². The van der Waals surface area contributed by atoms with Gasteiger partial charge in [-0.05, 0) is 45.2 Å². The highest BCUT2D eigenvalue weighted by Gasteiger charge is 2.29. The highest BCUT2D eigenvalue weighted by Crippen LogP contribution is 2.17. The van der Waals surface area contributed by atoms with Crippen LogP contribution in [-0.2, 0) is 4.79 Å². The number of hydrogen-bond acceptors (Lipinski definition) is 4. The Morgan fingerprint density at radius 3 is 2.64 bits per heavy atom. The molecule has 0 aliphatic carbocycles. The minimum Gasteiger partial charge on any atom is -0.327 e. The van der Waals surface area contributed by atoms with E-state index in [9.17, 15) is 4.79 Å². The van der Waals surface area contributed by atoms with E-state index in [1.807, 2.05) is 4.90 Å². The van der Waals surface area contributed by atoms with E-state index >= 15 is 0 Å². The van der Waals surface area contributed by atoms with E-state index in [0.717, 1.165) is 38.8 Å². The van der Waals surface area contributed by atoms with Gasteiger partial charge in [-0.1, -0.05) is 39.5 Å². The van der Waals surface area contributed by atoms with Crippen LogP contribution in [0.25, 0.3) is 0 Å². The van der Waals surface area contributed by atoms with Gasteiger partial charge in [-0.15, -0.1) is 0 Å². The summed E-state index contributed by atoms with van der Waals surface area (Å²) in [6.07, 6.45) is 8.79. The molecule has 0 saturated carbocycles. The molecule has 0 bridgehead atoms. The third-order valence-corrected chi connectivity index (χ3v) is 5.90. The van der Waals surface area contributed by atoms with Crippen molar-refractivity contribution in [2.45, 2.75) is 77.8 Å². The van der Waals surface area contributed by atoms with Crippen molar-refractivity contribution in [1.82, 2.24) is 20.4 Å². The molecule has 2 rings (SSSR count). The largest absolute Gasteiger partial charge is 0.327 e. The molecular weight excluding hydrogens is 312 g/mol. The normalized spacial score (nSPS) is 22.3. The molecule has 0 aromatic rings. The lowest BCUT2D eigenvalue weighted by Gasteiger charge is -2.31. The van der Waals surface area contributed by atoms with Gasteiger partial charge in [0.15, 0.2) is 0 Å². The first-order valence-corrected chi connectivity index (χ1v) is 10.6. The summed E-state index contributed by atoms with van der Waals surface area (Å²) in [5, 5.41) is 6.86. The Kier molecular flexibility index (Phi) is 9.21. The third kappa shape index (κ3) is 7.24. The van der Waals surface area contributed by atoms with Gasteiger partial charge >= 0.3 is 0 Å². The zero-order valence-electron chi connectivity index (χ0n) is 16.7. The number of nitrogens with zero attached hydrogens (tertiary/aromatic N) is 2. The summed E-state index contributed by atoms with van der Waals surface area (Å²) >= 11 is 0. The molecule has 5 heteroatoms. The quantitative estimate of drug-likeness (QED) is 0.634. The van der Waals surface area contributed by atoms with Crippen LogP contribution < -0.4 is 10.6 Å². The number of rotatable bonds is 10. The Morgan fingerprint density at radius 1 is 1.16 bits per heavy atom. The third-order valence-electron chi connectivity index (χ3n) is 5.90. The van der Waals surface area contributed by atoms with Crippen molar-refractivity contribution >= 4 is 5.91 Å². The van der Waals surface area contributed by atoms with Crippen molar-refractivity contribution in [2.75, 3.05) is 39.4 Å². The summed E-state index contributed by atoms with van der Waals surface area (Å²) in [6, 6.07) is 1.09. The maximum atomic E-state index is 12.5. The van der Waals surface area contributed by atoms with E-state index in [4.69, 9.17) is 0 Å². The summed E-state index contributed by atoms with van der Waals surface area (Å²) in [5.74, 6) is 1.10. The number of piperidine rings is 1. The van der Waals surface area contributed by atoms with Gasteiger partial charge in [0.25, 0.3) is 0 Å². The predicted molar refractivity (Wildman–Crippen MR) is 105 cm³/mol. The van der Waals surface area contributed by atoms with Gasteiger partial charge in [0.1, 0.15) is 0 Å². The second-order valence-electron chi connectivity index (χ2n) is 8.20. The summed E-state index contributed by atoms with van der Waals surface area (Å²) < 4.78 is 0. The molecule has 5 nitrogen and oxygen atoms in total. The van der Waals surface area contributed by atoms with Crippen molar-refractivity contribution in [3.63, 3.8) is 0 Å².